The fourth-order valence-electron chi connectivity index (χ4n) is 2.45. The molecule has 1 fully saturated rings. The molecule has 0 heterocycles. The molecule has 1 aromatic carbocycles. The third-order valence-corrected chi connectivity index (χ3v) is 4.89. The number of sulfonamides is 1. The average molecular weight is 284 g/mol. The SMILES string of the molecule is Cc1cc(N)cc(S(=O)(=O)NC2CCCCC2O)c1. The lowest BCUT2D eigenvalue weighted by Crippen LogP contribution is -2.44. The Hall–Kier alpha value is -1.11. The van der Waals surface area contributed by atoms with E-state index in [4.69, 9.17) is 5.73 Å². The molecule has 5 nitrogen and oxygen atoms in total. The standard InChI is InChI=1S/C13H20N2O3S/c1-9-6-10(14)8-11(7-9)19(17,18)15-12-4-2-3-5-13(12)16/h6-8,12-13,15-16H,2-5,14H2,1H3. The number of nitrogens with one attached hydrogen (secondary N) is 1. The second-order valence-corrected chi connectivity index (χ2v) is 6.87. The highest BCUT2D eigenvalue weighted by atomic mass is 32.2. The molecule has 4 N–H and O–H groups in total. The van der Waals surface area contributed by atoms with Crippen molar-refractivity contribution in [2.24, 2.45) is 0 Å². The van der Waals surface area contributed by atoms with E-state index in [1.54, 1.807) is 19.1 Å². The Balaban J connectivity index is 2.22. The highest BCUT2D eigenvalue weighted by Gasteiger charge is 2.28. The summed E-state index contributed by atoms with van der Waals surface area (Å²) in [6.45, 7) is 1.80. The Kier molecular flexibility index (Phi) is 4.13. The van der Waals surface area contributed by atoms with Crippen LogP contribution in [0.2, 0.25) is 0 Å². The summed E-state index contributed by atoms with van der Waals surface area (Å²) in [5, 5.41) is 9.84. The van der Waals surface area contributed by atoms with E-state index in [-0.39, 0.29) is 4.90 Å². The van der Waals surface area contributed by atoms with Crippen molar-refractivity contribution in [2.75, 3.05) is 5.73 Å². The lowest BCUT2D eigenvalue weighted by atomic mass is 9.93. The summed E-state index contributed by atoms with van der Waals surface area (Å²) in [6.07, 6.45) is 2.58. The highest BCUT2D eigenvalue weighted by Crippen LogP contribution is 2.22. The van der Waals surface area contributed by atoms with E-state index in [9.17, 15) is 13.5 Å². The Morgan fingerprint density at radius 1 is 1.26 bits per heavy atom. The summed E-state index contributed by atoms with van der Waals surface area (Å²) in [4.78, 5) is 0.155. The van der Waals surface area contributed by atoms with Crippen LogP contribution >= 0.6 is 0 Å². The topological polar surface area (TPSA) is 92.4 Å². The predicted octanol–water partition coefficient (Wildman–Crippen LogP) is 1.16. The van der Waals surface area contributed by atoms with Gasteiger partial charge in [-0.15, -0.1) is 0 Å². The van der Waals surface area contributed by atoms with Crippen molar-refractivity contribution in [3.8, 4) is 0 Å². The van der Waals surface area contributed by atoms with Gasteiger partial charge < -0.3 is 10.8 Å². The van der Waals surface area contributed by atoms with Gasteiger partial charge in [-0.1, -0.05) is 12.8 Å². The minimum absolute atomic E-state index is 0.155. The van der Waals surface area contributed by atoms with E-state index >= 15 is 0 Å². The minimum atomic E-state index is -3.63. The molecule has 2 rings (SSSR count). The van der Waals surface area contributed by atoms with Gasteiger partial charge in [-0.2, -0.15) is 0 Å². The maximum absolute atomic E-state index is 12.3. The van der Waals surface area contributed by atoms with Gasteiger partial charge in [0.05, 0.1) is 11.0 Å². The number of aliphatic hydroxyl groups excluding tert-OH is 1. The molecular weight excluding hydrogens is 264 g/mol. The molecule has 0 amide bonds. The lowest BCUT2D eigenvalue weighted by Gasteiger charge is -2.28. The van der Waals surface area contributed by atoms with Crippen molar-refractivity contribution < 1.29 is 13.5 Å². The summed E-state index contributed by atoms with van der Waals surface area (Å²) >= 11 is 0. The molecule has 106 valence electrons. The Morgan fingerprint density at radius 2 is 1.95 bits per heavy atom. The fraction of sp³-hybridized carbons (Fsp3) is 0.538. The van der Waals surface area contributed by atoms with Crippen LogP contribution in [0.4, 0.5) is 5.69 Å². The number of hydrogen-bond donors (Lipinski definition) is 3. The maximum Gasteiger partial charge on any atom is 0.240 e. The van der Waals surface area contributed by atoms with E-state index in [2.05, 4.69) is 4.72 Å². The van der Waals surface area contributed by atoms with Gasteiger partial charge in [-0.25, -0.2) is 13.1 Å². The number of nitrogens with two attached hydrogens (primary N) is 1. The first kappa shape index (κ1) is 14.3. The normalized spacial score (nSPS) is 24.3. The van der Waals surface area contributed by atoms with E-state index in [1.165, 1.54) is 6.07 Å². The van der Waals surface area contributed by atoms with Gasteiger partial charge in [0.2, 0.25) is 10.0 Å². The Bertz CT molecular complexity index is 537. The first-order valence-electron chi connectivity index (χ1n) is 6.46. The van der Waals surface area contributed by atoms with Crippen molar-refractivity contribution >= 4 is 15.7 Å². The van der Waals surface area contributed by atoms with E-state index < -0.39 is 22.2 Å². The number of anilines is 1. The van der Waals surface area contributed by atoms with Crippen molar-refractivity contribution in [1.82, 2.24) is 4.72 Å². The number of aryl methyl sites for hydroxylation is 1. The second-order valence-electron chi connectivity index (χ2n) is 5.16. The molecule has 1 aromatic rings. The second kappa shape index (κ2) is 5.48. The molecule has 0 bridgehead atoms. The molecule has 6 heteroatoms. The van der Waals surface area contributed by atoms with E-state index in [1.807, 2.05) is 0 Å². The molecule has 19 heavy (non-hydrogen) atoms. The van der Waals surface area contributed by atoms with Gasteiger partial charge in [0, 0.05) is 11.7 Å². The molecule has 0 radical (unpaired) electrons. The molecular formula is C13H20N2O3S. The quantitative estimate of drug-likeness (QED) is 0.726. The summed E-state index contributed by atoms with van der Waals surface area (Å²) in [5.41, 5.74) is 6.89. The number of hydrogen-bond acceptors (Lipinski definition) is 4. The summed E-state index contributed by atoms with van der Waals surface area (Å²) in [7, 11) is -3.63. The molecule has 1 aliphatic carbocycles. The molecule has 0 spiro atoms. The van der Waals surface area contributed by atoms with E-state index in [0.29, 0.717) is 18.5 Å². The van der Waals surface area contributed by atoms with Crippen LogP contribution < -0.4 is 10.5 Å². The summed E-state index contributed by atoms with van der Waals surface area (Å²) in [5.74, 6) is 0. The van der Waals surface area contributed by atoms with Crippen molar-refractivity contribution in [3.63, 3.8) is 0 Å². The van der Waals surface area contributed by atoms with Crippen molar-refractivity contribution in [1.29, 1.82) is 0 Å². The zero-order valence-corrected chi connectivity index (χ0v) is 11.8. The van der Waals surface area contributed by atoms with Gasteiger partial charge >= 0.3 is 0 Å². The van der Waals surface area contributed by atoms with E-state index in [0.717, 1.165) is 18.4 Å². The lowest BCUT2D eigenvalue weighted by molar-refractivity contribution is 0.101. The number of nitrogen functional groups attached to an aromatic ring is 1. The fourth-order valence-corrected chi connectivity index (χ4v) is 3.89. The maximum atomic E-state index is 12.3. The Labute approximate surface area is 113 Å². The first-order chi connectivity index (χ1) is 8.88. The van der Waals surface area contributed by atoms with Crippen molar-refractivity contribution in [3.05, 3.63) is 23.8 Å². The van der Waals surface area contributed by atoms with Crippen LogP contribution in [0, 0.1) is 6.92 Å². The van der Waals surface area contributed by atoms with Gasteiger partial charge in [-0.05, 0) is 43.5 Å². The minimum Gasteiger partial charge on any atom is -0.399 e. The third-order valence-electron chi connectivity index (χ3n) is 3.42. The smallest absolute Gasteiger partial charge is 0.240 e. The Morgan fingerprint density at radius 3 is 2.58 bits per heavy atom. The molecule has 0 aromatic heterocycles. The zero-order valence-electron chi connectivity index (χ0n) is 11.0. The molecule has 0 saturated heterocycles. The van der Waals surface area contributed by atoms with Crippen LogP contribution in [-0.2, 0) is 10.0 Å². The molecule has 2 unspecified atom stereocenters. The number of aliphatic hydroxyl groups is 1. The zero-order chi connectivity index (χ0) is 14.0. The van der Waals surface area contributed by atoms with Crippen LogP contribution in [0.3, 0.4) is 0 Å². The van der Waals surface area contributed by atoms with Gasteiger partial charge in [-0.3, -0.25) is 0 Å². The van der Waals surface area contributed by atoms with Gasteiger partial charge in [0.1, 0.15) is 0 Å². The largest absolute Gasteiger partial charge is 0.399 e. The summed E-state index contributed by atoms with van der Waals surface area (Å²) < 4.78 is 27.1. The third kappa shape index (κ3) is 3.46. The molecule has 2 atom stereocenters. The highest BCUT2D eigenvalue weighted by molar-refractivity contribution is 7.89. The molecule has 0 aliphatic heterocycles. The van der Waals surface area contributed by atoms with Crippen LogP contribution in [-0.4, -0.2) is 25.7 Å². The predicted molar refractivity (Wildman–Crippen MR) is 74.2 cm³/mol. The van der Waals surface area contributed by atoms with Crippen LogP contribution in [0.25, 0.3) is 0 Å². The number of rotatable bonds is 3. The molecule has 1 aliphatic rings. The first-order valence-corrected chi connectivity index (χ1v) is 7.94. The van der Waals surface area contributed by atoms with Crippen LogP contribution in [0.15, 0.2) is 23.1 Å². The number of benzene rings is 1. The van der Waals surface area contributed by atoms with Gasteiger partial charge in [0.25, 0.3) is 0 Å². The molecule has 1 saturated carbocycles. The van der Waals surface area contributed by atoms with Crippen molar-refractivity contribution in [2.45, 2.75) is 49.6 Å². The van der Waals surface area contributed by atoms with Gasteiger partial charge in [0.15, 0.2) is 0 Å². The monoisotopic (exact) mass is 284 g/mol. The van der Waals surface area contributed by atoms with Crippen LogP contribution in [0.5, 0.6) is 0 Å². The average Bonchev–Trinajstić information content (AvgIpc) is 2.31. The van der Waals surface area contributed by atoms with Crippen LogP contribution in [0.1, 0.15) is 31.2 Å². The summed E-state index contributed by atoms with van der Waals surface area (Å²) in [6, 6.07) is 4.33.